The summed E-state index contributed by atoms with van der Waals surface area (Å²) in [6, 6.07) is 6.75. The molecule has 0 atom stereocenters. The maximum absolute atomic E-state index is 11.7. The third-order valence-corrected chi connectivity index (χ3v) is 3.97. The van der Waals surface area contributed by atoms with Crippen LogP contribution in [0.15, 0.2) is 29.3 Å². The lowest BCUT2D eigenvalue weighted by Gasteiger charge is -2.24. The number of allylic oxidation sites excluding steroid dienone is 1. The van der Waals surface area contributed by atoms with E-state index >= 15 is 0 Å². The Morgan fingerprint density at radius 1 is 1.50 bits per heavy atom. The zero-order valence-electron chi connectivity index (χ0n) is 13.1. The zero-order valence-corrected chi connectivity index (χ0v) is 13.9. The molecule has 0 saturated heterocycles. The Balaban J connectivity index is 2.86. The molecule has 0 aliphatic heterocycles. The molecule has 0 aliphatic rings. The minimum atomic E-state index is -3.81. The highest BCUT2D eigenvalue weighted by atomic mass is 32.2. The quantitative estimate of drug-likeness (QED) is 0.820. The predicted molar refractivity (Wildman–Crippen MR) is 82.9 cm³/mol. The lowest BCUT2D eigenvalue weighted by molar-refractivity contribution is 0.189. The van der Waals surface area contributed by atoms with Crippen molar-refractivity contribution in [3.8, 4) is 11.9 Å². The van der Waals surface area contributed by atoms with Crippen LogP contribution in [0, 0.1) is 16.7 Å². The molecule has 7 nitrogen and oxygen atoms in total. The number of nitrogens with zero attached hydrogens (tertiary/aromatic N) is 3. The number of rotatable bonds is 5. The molecule has 0 radical (unpaired) electrons. The molecule has 0 saturated carbocycles. The highest BCUT2D eigenvalue weighted by Crippen LogP contribution is 2.28. The standard InChI is InChI=1S/C14H20N4O3S/c1-14(2,3)12(22(16,19)20)9-18(4)10-21-13-7-5-6-11(8-15)17-13/h5-7,9H,10H2,1-4H3,(H2,16,19,20)/b12-9+. The van der Waals surface area contributed by atoms with Gasteiger partial charge in [-0.15, -0.1) is 0 Å². The van der Waals surface area contributed by atoms with Crippen LogP contribution in [0.4, 0.5) is 0 Å². The van der Waals surface area contributed by atoms with Gasteiger partial charge in [-0.25, -0.2) is 18.5 Å². The second kappa shape index (κ2) is 6.77. The van der Waals surface area contributed by atoms with Crippen molar-refractivity contribution in [1.82, 2.24) is 9.88 Å². The van der Waals surface area contributed by atoms with Gasteiger partial charge in [0.1, 0.15) is 11.8 Å². The van der Waals surface area contributed by atoms with Gasteiger partial charge in [-0.3, -0.25) is 0 Å². The summed E-state index contributed by atoms with van der Waals surface area (Å²) in [4.78, 5) is 5.62. The van der Waals surface area contributed by atoms with Crippen molar-refractivity contribution in [2.24, 2.45) is 10.6 Å². The molecule has 0 unspecified atom stereocenters. The molecule has 1 aromatic heterocycles. The van der Waals surface area contributed by atoms with Gasteiger partial charge >= 0.3 is 0 Å². The first-order valence-corrected chi connectivity index (χ1v) is 8.04. The summed E-state index contributed by atoms with van der Waals surface area (Å²) in [5.74, 6) is 0.284. The highest BCUT2D eigenvalue weighted by Gasteiger charge is 2.27. The van der Waals surface area contributed by atoms with E-state index in [4.69, 9.17) is 15.1 Å². The maximum atomic E-state index is 11.7. The van der Waals surface area contributed by atoms with E-state index in [1.165, 1.54) is 6.20 Å². The molecule has 0 spiro atoms. The number of nitrogens with two attached hydrogens (primary N) is 1. The Morgan fingerprint density at radius 3 is 2.64 bits per heavy atom. The SMILES string of the molecule is CN(/C=C(\C(C)(C)C)S(N)(=O)=O)COc1cccc(C#N)n1. The molecule has 0 bridgehead atoms. The Morgan fingerprint density at radius 2 is 2.14 bits per heavy atom. The summed E-state index contributed by atoms with van der Waals surface area (Å²) in [5.41, 5.74) is -0.378. The van der Waals surface area contributed by atoms with Gasteiger partial charge in [-0.05, 0) is 6.07 Å². The van der Waals surface area contributed by atoms with Crippen LogP contribution in [-0.2, 0) is 10.0 Å². The topological polar surface area (TPSA) is 109 Å². The van der Waals surface area contributed by atoms with Crippen LogP contribution in [0.2, 0.25) is 0 Å². The van der Waals surface area contributed by atoms with Crippen molar-refractivity contribution >= 4 is 10.0 Å². The first kappa shape index (κ1) is 17.9. The van der Waals surface area contributed by atoms with Crippen LogP contribution in [-0.4, -0.2) is 32.1 Å². The molecule has 0 fully saturated rings. The second-order valence-electron chi connectivity index (χ2n) is 5.79. The summed E-state index contributed by atoms with van der Waals surface area (Å²) in [5, 5.41) is 14.0. The smallest absolute Gasteiger partial charge is 0.236 e. The minimum absolute atomic E-state index is 0.0665. The van der Waals surface area contributed by atoms with Crippen LogP contribution >= 0.6 is 0 Å². The van der Waals surface area contributed by atoms with Crippen LogP contribution in [0.3, 0.4) is 0 Å². The fourth-order valence-corrected chi connectivity index (χ4v) is 2.84. The number of pyridine rings is 1. The van der Waals surface area contributed by atoms with Gasteiger partial charge < -0.3 is 9.64 Å². The Labute approximate surface area is 131 Å². The molecule has 2 N–H and O–H groups in total. The normalized spacial score (nSPS) is 12.6. The monoisotopic (exact) mass is 324 g/mol. The van der Waals surface area contributed by atoms with Gasteiger partial charge in [0.05, 0.1) is 4.91 Å². The molecular weight excluding hydrogens is 304 g/mol. The number of nitriles is 1. The Bertz CT molecular complexity index is 700. The average molecular weight is 324 g/mol. The lowest BCUT2D eigenvalue weighted by Crippen LogP contribution is -2.28. The molecule has 0 aromatic carbocycles. The second-order valence-corrected chi connectivity index (χ2v) is 7.32. The number of hydrogen-bond donors (Lipinski definition) is 1. The third-order valence-electron chi connectivity index (χ3n) is 2.64. The van der Waals surface area contributed by atoms with E-state index in [1.807, 2.05) is 6.07 Å². The van der Waals surface area contributed by atoms with Gasteiger partial charge in [-0.1, -0.05) is 26.8 Å². The van der Waals surface area contributed by atoms with Crippen LogP contribution in [0.1, 0.15) is 26.5 Å². The van der Waals surface area contributed by atoms with E-state index in [-0.39, 0.29) is 23.2 Å². The highest BCUT2D eigenvalue weighted by molar-refractivity contribution is 7.93. The maximum Gasteiger partial charge on any atom is 0.236 e. The molecular formula is C14H20N4O3S. The van der Waals surface area contributed by atoms with Crippen molar-refractivity contribution < 1.29 is 13.2 Å². The predicted octanol–water partition coefficient (Wildman–Crippen LogP) is 1.40. The third kappa shape index (κ3) is 5.35. The van der Waals surface area contributed by atoms with Crippen LogP contribution in [0.5, 0.6) is 5.88 Å². The Hall–Kier alpha value is -2.11. The number of primary sulfonamides is 1. The van der Waals surface area contributed by atoms with E-state index in [9.17, 15) is 8.42 Å². The summed E-state index contributed by atoms with van der Waals surface area (Å²) >= 11 is 0. The summed E-state index contributed by atoms with van der Waals surface area (Å²) < 4.78 is 28.7. The van der Waals surface area contributed by atoms with E-state index in [1.54, 1.807) is 50.9 Å². The van der Waals surface area contributed by atoms with E-state index in [0.717, 1.165) is 0 Å². The van der Waals surface area contributed by atoms with Gasteiger partial charge in [0.2, 0.25) is 15.9 Å². The van der Waals surface area contributed by atoms with Crippen LogP contribution in [0.25, 0.3) is 0 Å². The van der Waals surface area contributed by atoms with Crippen molar-refractivity contribution in [3.63, 3.8) is 0 Å². The zero-order chi connectivity index (χ0) is 17.0. The molecule has 8 heteroatoms. The van der Waals surface area contributed by atoms with Crippen molar-refractivity contribution in [2.75, 3.05) is 13.8 Å². The lowest BCUT2D eigenvalue weighted by atomic mass is 9.96. The summed E-state index contributed by atoms with van der Waals surface area (Å²) in [6.07, 6.45) is 1.43. The molecule has 1 heterocycles. The van der Waals surface area contributed by atoms with Crippen molar-refractivity contribution in [3.05, 3.63) is 35.0 Å². The molecule has 22 heavy (non-hydrogen) atoms. The van der Waals surface area contributed by atoms with Gasteiger partial charge in [0.25, 0.3) is 0 Å². The molecule has 0 amide bonds. The largest absolute Gasteiger partial charge is 0.456 e. The minimum Gasteiger partial charge on any atom is -0.456 e. The fourth-order valence-electron chi connectivity index (χ4n) is 1.66. The number of hydrogen-bond acceptors (Lipinski definition) is 6. The van der Waals surface area contributed by atoms with E-state index < -0.39 is 15.4 Å². The van der Waals surface area contributed by atoms with Crippen molar-refractivity contribution in [2.45, 2.75) is 20.8 Å². The van der Waals surface area contributed by atoms with E-state index in [0.29, 0.717) is 0 Å². The average Bonchev–Trinajstić information content (AvgIpc) is 2.40. The number of aromatic nitrogens is 1. The van der Waals surface area contributed by atoms with Gasteiger partial charge in [0, 0.05) is 24.7 Å². The Kier molecular flexibility index (Phi) is 5.52. The van der Waals surface area contributed by atoms with E-state index in [2.05, 4.69) is 4.98 Å². The number of ether oxygens (including phenoxy) is 1. The van der Waals surface area contributed by atoms with Gasteiger partial charge in [0.15, 0.2) is 6.73 Å². The first-order valence-electron chi connectivity index (χ1n) is 6.49. The van der Waals surface area contributed by atoms with Crippen LogP contribution < -0.4 is 9.88 Å². The first-order chi connectivity index (χ1) is 10.0. The molecule has 0 aliphatic carbocycles. The molecule has 120 valence electrons. The fraction of sp³-hybridized carbons (Fsp3) is 0.429. The number of sulfonamides is 1. The van der Waals surface area contributed by atoms with Gasteiger partial charge in [-0.2, -0.15) is 5.26 Å². The molecule has 1 aromatic rings. The molecule has 1 rings (SSSR count). The van der Waals surface area contributed by atoms with Crippen molar-refractivity contribution in [1.29, 1.82) is 5.26 Å². The summed E-state index contributed by atoms with van der Waals surface area (Å²) in [7, 11) is -2.15. The summed E-state index contributed by atoms with van der Waals surface area (Å²) in [6.45, 7) is 5.35.